The van der Waals surface area contributed by atoms with Gasteiger partial charge >= 0.3 is 12.0 Å². The Bertz CT molecular complexity index is 382. The lowest BCUT2D eigenvalue weighted by Gasteiger charge is -2.32. The van der Waals surface area contributed by atoms with Gasteiger partial charge in [0, 0.05) is 0 Å². The molecule has 4 N–H and O–H groups in total. The predicted octanol–water partition coefficient (Wildman–Crippen LogP) is 0.308. The summed E-state index contributed by atoms with van der Waals surface area (Å²) in [5.41, 5.74) is -1.22. The molecule has 1 rings (SSSR count). The van der Waals surface area contributed by atoms with Crippen molar-refractivity contribution in [3.63, 3.8) is 0 Å². The highest BCUT2D eigenvalue weighted by atomic mass is 16.4. The second kappa shape index (κ2) is 4.93. The molecule has 1 aliphatic rings. The topological polar surface area (TPSA) is 113 Å². The van der Waals surface area contributed by atoms with Gasteiger partial charge in [-0.15, -0.1) is 0 Å². The van der Waals surface area contributed by atoms with Gasteiger partial charge in [0.1, 0.15) is 5.54 Å². The van der Waals surface area contributed by atoms with Gasteiger partial charge in [0.25, 0.3) is 5.91 Å². The SMILES string of the molecule is CCC(CC1(C(C)C)NC(=O)N(N)C1=O)C(=O)O. The molecule has 0 radical (unpaired) electrons. The highest BCUT2D eigenvalue weighted by Crippen LogP contribution is 2.32. The number of rotatable bonds is 5. The summed E-state index contributed by atoms with van der Waals surface area (Å²) in [6.07, 6.45) is 0.437. The van der Waals surface area contributed by atoms with Crippen LogP contribution in [-0.2, 0) is 9.59 Å². The third-order valence-corrected chi connectivity index (χ3v) is 3.55. The first-order valence-corrected chi connectivity index (χ1v) is 5.90. The van der Waals surface area contributed by atoms with Crippen LogP contribution >= 0.6 is 0 Å². The molecule has 0 aromatic rings. The molecule has 2 unspecified atom stereocenters. The summed E-state index contributed by atoms with van der Waals surface area (Å²) >= 11 is 0. The zero-order chi connectivity index (χ0) is 14.1. The van der Waals surface area contributed by atoms with Gasteiger partial charge in [-0.2, -0.15) is 5.01 Å². The fourth-order valence-electron chi connectivity index (χ4n) is 2.17. The lowest BCUT2D eigenvalue weighted by atomic mass is 9.78. The molecular formula is C11H19N3O4. The van der Waals surface area contributed by atoms with Gasteiger partial charge in [0.15, 0.2) is 0 Å². The van der Waals surface area contributed by atoms with Crippen LogP contribution in [0.1, 0.15) is 33.6 Å². The number of hydrazine groups is 1. The summed E-state index contributed by atoms with van der Waals surface area (Å²) in [5.74, 6) is 2.88. The van der Waals surface area contributed by atoms with E-state index < -0.39 is 29.4 Å². The van der Waals surface area contributed by atoms with E-state index in [2.05, 4.69) is 5.32 Å². The van der Waals surface area contributed by atoms with Crippen LogP contribution in [0.3, 0.4) is 0 Å². The summed E-state index contributed by atoms with van der Waals surface area (Å²) in [6, 6.07) is -0.686. The molecule has 0 saturated carbocycles. The molecule has 1 fully saturated rings. The smallest absolute Gasteiger partial charge is 0.339 e. The average molecular weight is 257 g/mol. The number of nitrogens with zero attached hydrogens (tertiary/aromatic N) is 1. The van der Waals surface area contributed by atoms with Gasteiger partial charge < -0.3 is 10.4 Å². The van der Waals surface area contributed by atoms with Crippen molar-refractivity contribution in [3.05, 3.63) is 0 Å². The van der Waals surface area contributed by atoms with Gasteiger partial charge in [0.2, 0.25) is 0 Å². The minimum Gasteiger partial charge on any atom is -0.481 e. The van der Waals surface area contributed by atoms with Gasteiger partial charge in [-0.25, -0.2) is 10.6 Å². The van der Waals surface area contributed by atoms with Crippen molar-refractivity contribution in [2.45, 2.75) is 39.2 Å². The number of imide groups is 1. The molecular weight excluding hydrogens is 238 g/mol. The summed E-state index contributed by atoms with van der Waals surface area (Å²) in [5, 5.41) is 12.1. The normalized spacial score (nSPS) is 25.5. The standard InChI is InChI=1S/C11H19N3O4/c1-4-7(8(15)16)5-11(6(2)3)9(17)14(12)10(18)13-11/h6-7H,4-5,12H2,1-3H3,(H,13,18)(H,15,16). The van der Waals surface area contributed by atoms with Crippen LogP contribution in [0.5, 0.6) is 0 Å². The van der Waals surface area contributed by atoms with E-state index >= 15 is 0 Å². The molecule has 102 valence electrons. The second-order valence-corrected chi connectivity index (χ2v) is 4.88. The number of aliphatic carboxylic acids is 1. The maximum absolute atomic E-state index is 12.1. The lowest BCUT2D eigenvalue weighted by Crippen LogP contribution is -2.53. The van der Waals surface area contributed by atoms with Crippen LogP contribution in [0.15, 0.2) is 0 Å². The number of carbonyl (C=O) groups is 3. The summed E-state index contributed by atoms with van der Waals surface area (Å²) < 4.78 is 0. The van der Waals surface area contributed by atoms with Crippen LogP contribution in [0.4, 0.5) is 4.79 Å². The largest absolute Gasteiger partial charge is 0.481 e. The van der Waals surface area contributed by atoms with E-state index in [1.54, 1.807) is 20.8 Å². The molecule has 7 heteroatoms. The van der Waals surface area contributed by atoms with Gasteiger partial charge in [0.05, 0.1) is 5.92 Å². The van der Waals surface area contributed by atoms with Crippen LogP contribution in [0, 0.1) is 11.8 Å². The monoisotopic (exact) mass is 257 g/mol. The van der Waals surface area contributed by atoms with E-state index in [4.69, 9.17) is 10.9 Å². The maximum atomic E-state index is 12.1. The molecule has 0 aromatic heterocycles. The van der Waals surface area contributed by atoms with Crippen molar-refractivity contribution in [3.8, 4) is 0 Å². The number of hydrogen-bond donors (Lipinski definition) is 3. The first kappa shape index (κ1) is 14.4. The Labute approximate surface area is 105 Å². The molecule has 7 nitrogen and oxygen atoms in total. The third-order valence-electron chi connectivity index (χ3n) is 3.55. The summed E-state index contributed by atoms with van der Waals surface area (Å²) in [7, 11) is 0. The number of carboxylic acid groups (broad SMARTS) is 1. The third kappa shape index (κ3) is 2.17. The van der Waals surface area contributed by atoms with Crippen molar-refractivity contribution < 1.29 is 19.5 Å². The average Bonchev–Trinajstić information content (AvgIpc) is 2.51. The van der Waals surface area contributed by atoms with Crippen LogP contribution in [0.2, 0.25) is 0 Å². The molecule has 1 heterocycles. The predicted molar refractivity (Wildman–Crippen MR) is 63.2 cm³/mol. The second-order valence-electron chi connectivity index (χ2n) is 4.88. The minimum atomic E-state index is -1.22. The van der Waals surface area contributed by atoms with Crippen molar-refractivity contribution in [2.24, 2.45) is 17.7 Å². The Morgan fingerprint density at radius 3 is 2.33 bits per heavy atom. The Kier molecular flexibility index (Phi) is 3.95. The van der Waals surface area contributed by atoms with E-state index in [0.29, 0.717) is 11.4 Å². The van der Waals surface area contributed by atoms with Crippen molar-refractivity contribution in [1.29, 1.82) is 0 Å². The maximum Gasteiger partial charge on any atom is 0.339 e. The molecule has 1 aliphatic heterocycles. The van der Waals surface area contributed by atoms with E-state index in [1.165, 1.54) is 0 Å². The first-order valence-electron chi connectivity index (χ1n) is 5.90. The molecule has 2 atom stereocenters. The van der Waals surface area contributed by atoms with E-state index in [0.717, 1.165) is 0 Å². The summed E-state index contributed by atoms with van der Waals surface area (Å²) in [6.45, 7) is 5.24. The zero-order valence-corrected chi connectivity index (χ0v) is 10.8. The van der Waals surface area contributed by atoms with Crippen LogP contribution in [0.25, 0.3) is 0 Å². The molecule has 0 bridgehead atoms. The zero-order valence-electron chi connectivity index (χ0n) is 10.8. The minimum absolute atomic E-state index is 0.0504. The Hall–Kier alpha value is -1.63. The Balaban J connectivity index is 3.07. The molecule has 0 aromatic carbocycles. The number of nitrogens with two attached hydrogens (primary N) is 1. The van der Waals surface area contributed by atoms with Crippen molar-refractivity contribution in [1.82, 2.24) is 10.3 Å². The fraction of sp³-hybridized carbons (Fsp3) is 0.727. The van der Waals surface area contributed by atoms with Crippen LogP contribution in [-0.4, -0.2) is 33.6 Å². The van der Waals surface area contributed by atoms with E-state index in [9.17, 15) is 14.4 Å². The number of nitrogens with one attached hydrogen (secondary N) is 1. The number of carboxylic acids is 1. The first-order chi connectivity index (χ1) is 8.26. The molecule has 0 spiro atoms. The molecule has 3 amide bonds. The van der Waals surface area contributed by atoms with Gasteiger partial charge in [-0.3, -0.25) is 9.59 Å². The highest BCUT2D eigenvalue weighted by molar-refractivity contribution is 6.06. The molecule has 18 heavy (non-hydrogen) atoms. The highest BCUT2D eigenvalue weighted by Gasteiger charge is 2.53. The van der Waals surface area contributed by atoms with E-state index in [1.807, 2.05) is 0 Å². The molecule has 1 saturated heterocycles. The molecule has 0 aliphatic carbocycles. The van der Waals surface area contributed by atoms with Gasteiger partial charge in [-0.1, -0.05) is 20.8 Å². The van der Waals surface area contributed by atoms with Crippen molar-refractivity contribution >= 4 is 17.9 Å². The number of amides is 3. The van der Waals surface area contributed by atoms with Crippen LogP contribution < -0.4 is 11.2 Å². The fourth-order valence-corrected chi connectivity index (χ4v) is 2.17. The Morgan fingerprint density at radius 1 is 1.50 bits per heavy atom. The number of urea groups is 1. The van der Waals surface area contributed by atoms with E-state index in [-0.39, 0.29) is 12.3 Å². The number of hydrogen-bond acceptors (Lipinski definition) is 4. The van der Waals surface area contributed by atoms with Crippen molar-refractivity contribution in [2.75, 3.05) is 0 Å². The van der Waals surface area contributed by atoms with Gasteiger partial charge in [-0.05, 0) is 18.8 Å². The number of carbonyl (C=O) groups excluding carboxylic acids is 2. The lowest BCUT2D eigenvalue weighted by molar-refractivity contribution is -0.144. The Morgan fingerprint density at radius 2 is 2.06 bits per heavy atom. The summed E-state index contributed by atoms with van der Waals surface area (Å²) in [4.78, 5) is 34.6. The quantitative estimate of drug-likeness (QED) is 0.372.